The molecule has 1 heterocycles. The van der Waals surface area contributed by atoms with Gasteiger partial charge in [-0.05, 0) is 12.1 Å². The lowest BCUT2D eigenvalue weighted by molar-refractivity contribution is 1.10. The Labute approximate surface area is 82.0 Å². The van der Waals surface area contributed by atoms with Crippen LogP contribution in [0.2, 0.25) is 0 Å². The number of nitrogens with zero attached hydrogens (tertiary/aromatic N) is 4. The zero-order valence-corrected chi connectivity index (χ0v) is 8.02. The number of fused-ring (bicyclic) bond motifs is 1. The fraction of sp³-hybridized carbons (Fsp3) is 0.200. The summed E-state index contributed by atoms with van der Waals surface area (Å²) in [6, 6.07) is 5.72. The molecule has 0 aliphatic carbocycles. The van der Waals surface area contributed by atoms with Crippen molar-refractivity contribution in [1.29, 1.82) is 5.26 Å². The van der Waals surface area contributed by atoms with Gasteiger partial charge in [-0.15, -0.1) is 0 Å². The average molecular weight is 185 g/mol. The Kier molecular flexibility index (Phi) is 1.86. The maximum absolute atomic E-state index is 8.78. The van der Waals surface area contributed by atoms with Crippen LogP contribution < -0.4 is 4.90 Å². The number of hydrogen-bond acceptors (Lipinski definition) is 3. The Bertz CT molecular complexity index is 504. The highest BCUT2D eigenvalue weighted by molar-refractivity contribution is 5.89. The number of imidazole rings is 1. The molecule has 0 spiro atoms. The summed E-state index contributed by atoms with van der Waals surface area (Å²) in [5.41, 5.74) is 2.59. The van der Waals surface area contributed by atoms with Gasteiger partial charge in [-0.3, -0.25) is 0 Å². The molecule has 0 aliphatic rings. The highest BCUT2D eigenvalue weighted by Gasteiger charge is 2.07. The van der Waals surface area contributed by atoms with E-state index in [4.69, 9.17) is 5.26 Å². The molecule has 0 fully saturated rings. The summed E-state index contributed by atoms with van der Waals surface area (Å²) in [5.74, 6) is 0. The molecule has 0 amide bonds. The quantitative estimate of drug-likeness (QED) is 0.671. The van der Waals surface area contributed by atoms with E-state index in [0.717, 1.165) is 16.7 Å². The highest BCUT2D eigenvalue weighted by Crippen LogP contribution is 2.22. The van der Waals surface area contributed by atoms with E-state index in [1.54, 1.807) is 0 Å². The standard InChI is InChI=1S/C10H9N4/c1-13(2)8-4-3-5-9-10(8)12-7-14(9)6-11/h3-5H,1-2H3. The van der Waals surface area contributed by atoms with Crippen LogP contribution in [-0.2, 0) is 0 Å². The second-order valence-corrected chi connectivity index (χ2v) is 3.19. The molecule has 1 aromatic carbocycles. The summed E-state index contributed by atoms with van der Waals surface area (Å²) in [6.45, 7) is 0. The van der Waals surface area contributed by atoms with E-state index in [2.05, 4.69) is 11.3 Å². The number of para-hydroxylation sites is 1. The molecule has 0 aliphatic heterocycles. The molecule has 4 nitrogen and oxygen atoms in total. The first-order valence-corrected chi connectivity index (χ1v) is 4.20. The summed E-state index contributed by atoms with van der Waals surface area (Å²) in [4.78, 5) is 6.05. The molecule has 0 atom stereocenters. The molecule has 0 saturated carbocycles. The molecule has 4 heteroatoms. The van der Waals surface area contributed by atoms with Crippen molar-refractivity contribution in [3.05, 3.63) is 24.5 Å². The maximum Gasteiger partial charge on any atom is 0.192 e. The number of aromatic nitrogens is 2. The Morgan fingerprint density at radius 2 is 2.29 bits per heavy atom. The van der Waals surface area contributed by atoms with Crippen LogP contribution in [0.1, 0.15) is 0 Å². The van der Waals surface area contributed by atoms with Crippen LogP contribution in [0.25, 0.3) is 11.0 Å². The van der Waals surface area contributed by atoms with Crippen molar-refractivity contribution in [1.82, 2.24) is 9.55 Å². The number of hydrogen-bond donors (Lipinski definition) is 0. The Hall–Kier alpha value is -2.02. The van der Waals surface area contributed by atoms with E-state index in [0.29, 0.717) is 0 Å². The second kappa shape index (κ2) is 3.04. The Morgan fingerprint density at radius 3 is 2.93 bits per heavy atom. The molecule has 2 rings (SSSR count). The highest BCUT2D eigenvalue weighted by atomic mass is 15.1. The Balaban J connectivity index is 2.78. The molecule has 0 N–H and O–H groups in total. The zero-order valence-electron chi connectivity index (χ0n) is 8.02. The van der Waals surface area contributed by atoms with Gasteiger partial charge in [0, 0.05) is 14.1 Å². The summed E-state index contributed by atoms with van der Waals surface area (Å²) in [6.07, 6.45) is 4.63. The molecule has 0 unspecified atom stereocenters. The molecular formula is C10H9N4. The molecule has 1 aromatic heterocycles. The van der Waals surface area contributed by atoms with Gasteiger partial charge in [0.05, 0.1) is 11.2 Å². The van der Waals surface area contributed by atoms with Gasteiger partial charge in [0.15, 0.2) is 12.5 Å². The fourth-order valence-electron chi connectivity index (χ4n) is 1.41. The first-order valence-electron chi connectivity index (χ1n) is 4.20. The van der Waals surface area contributed by atoms with Crippen LogP contribution in [0, 0.1) is 17.8 Å². The SMILES string of the molecule is CN(C)c1cccc2c1n[c]n2C#N. The fourth-order valence-corrected chi connectivity index (χ4v) is 1.41. The molecular weight excluding hydrogens is 176 g/mol. The minimum absolute atomic E-state index is 0.790. The van der Waals surface area contributed by atoms with Gasteiger partial charge >= 0.3 is 0 Å². The molecule has 0 bridgehead atoms. The van der Waals surface area contributed by atoms with E-state index in [9.17, 15) is 0 Å². The van der Waals surface area contributed by atoms with Crippen molar-refractivity contribution in [3.8, 4) is 6.19 Å². The van der Waals surface area contributed by atoms with Gasteiger partial charge in [0.2, 0.25) is 0 Å². The molecule has 2 aromatic rings. The lowest BCUT2D eigenvalue weighted by Gasteiger charge is -2.12. The lowest BCUT2D eigenvalue weighted by Crippen LogP contribution is -2.08. The monoisotopic (exact) mass is 185 g/mol. The van der Waals surface area contributed by atoms with E-state index in [1.165, 1.54) is 4.57 Å². The third kappa shape index (κ3) is 1.11. The van der Waals surface area contributed by atoms with Gasteiger partial charge in [0.25, 0.3) is 0 Å². The van der Waals surface area contributed by atoms with E-state index in [-0.39, 0.29) is 0 Å². The number of benzene rings is 1. The van der Waals surface area contributed by atoms with Crippen molar-refractivity contribution in [2.24, 2.45) is 0 Å². The van der Waals surface area contributed by atoms with Gasteiger partial charge in [-0.2, -0.15) is 5.26 Å². The van der Waals surface area contributed by atoms with Crippen LogP contribution in [0.15, 0.2) is 18.2 Å². The summed E-state index contributed by atoms with van der Waals surface area (Å²) in [7, 11) is 3.89. The first kappa shape index (κ1) is 8.57. The van der Waals surface area contributed by atoms with Crippen LogP contribution in [0.3, 0.4) is 0 Å². The lowest BCUT2D eigenvalue weighted by atomic mass is 10.2. The minimum Gasteiger partial charge on any atom is -0.376 e. The van der Waals surface area contributed by atoms with Gasteiger partial charge in [-0.1, -0.05) is 6.07 Å². The number of anilines is 1. The second-order valence-electron chi connectivity index (χ2n) is 3.19. The average Bonchev–Trinajstić information content (AvgIpc) is 2.59. The third-order valence-corrected chi connectivity index (χ3v) is 2.08. The summed E-state index contributed by atoms with van der Waals surface area (Å²) >= 11 is 0. The predicted molar refractivity (Wildman–Crippen MR) is 53.9 cm³/mol. The van der Waals surface area contributed by atoms with Crippen LogP contribution in [0.5, 0.6) is 0 Å². The summed E-state index contributed by atoms with van der Waals surface area (Å²) in [5, 5.41) is 8.78. The van der Waals surface area contributed by atoms with E-state index >= 15 is 0 Å². The summed E-state index contributed by atoms with van der Waals surface area (Å²) < 4.78 is 1.34. The van der Waals surface area contributed by atoms with Crippen molar-refractivity contribution in [2.45, 2.75) is 0 Å². The topological polar surface area (TPSA) is 44.9 Å². The van der Waals surface area contributed by atoms with Gasteiger partial charge < -0.3 is 4.90 Å². The van der Waals surface area contributed by atoms with Crippen molar-refractivity contribution >= 4 is 16.7 Å². The normalized spacial score (nSPS) is 10.1. The molecule has 69 valence electrons. The number of rotatable bonds is 1. The maximum atomic E-state index is 8.78. The first-order chi connectivity index (χ1) is 6.74. The minimum atomic E-state index is 0.790. The molecule has 14 heavy (non-hydrogen) atoms. The van der Waals surface area contributed by atoms with E-state index < -0.39 is 0 Å². The smallest absolute Gasteiger partial charge is 0.192 e. The molecule has 0 saturated heterocycles. The largest absolute Gasteiger partial charge is 0.376 e. The van der Waals surface area contributed by atoms with Crippen LogP contribution in [0.4, 0.5) is 5.69 Å². The third-order valence-electron chi connectivity index (χ3n) is 2.08. The van der Waals surface area contributed by atoms with Crippen molar-refractivity contribution in [3.63, 3.8) is 0 Å². The van der Waals surface area contributed by atoms with Crippen molar-refractivity contribution in [2.75, 3.05) is 19.0 Å². The van der Waals surface area contributed by atoms with Crippen molar-refractivity contribution < 1.29 is 0 Å². The van der Waals surface area contributed by atoms with Gasteiger partial charge in [0.1, 0.15) is 5.52 Å². The van der Waals surface area contributed by atoms with Crippen LogP contribution >= 0.6 is 0 Å². The molecule has 1 radical (unpaired) electrons. The number of nitriles is 1. The Morgan fingerprint density at radius 1 is 1.50 bits per heavy atom. The van der Waals surface area contributed by atoms with Crippen LogP contribution in [-0.4, -0.2) is 23.6 Å². The predicted octanol–water partition coefficient (Wildman–Crippen LogP) is 1.23. The zero-order chi connectivity index (χ0) is 10.1. The van der Waals surface area contributed by atoms with E-state index in [1.807, 2.05) is 43.4 Å². The van der Waals surface area contributed by atoms with Gasteiger partial charge in [-0.25, -0.2) is 9.55 Å².